The first kappa shape index (κ1) is 12.4. The molecule has 0 aromatic carbocycles. The van der Waals surface area contributed by atoms with Crippen LogP contribution in [0.2, 0.25) is 0 Å². The molecule has 2 rings (SSSR count). The van der Waals surface area contributed by atoms with Crippen molar-refractivity contribution in [1.29, 1.82) is 0 Å². The lowest BCUT2D eigenvalue weighted by Crippen LogP contribution is -2.27. The smallest absolute Gasteiger partial charge is 0.405 e. The highest BCUT2D eigenvalue weighted by molar-refractivity contribution is 5.65. The van der Waals surface area contributed by atoms with E-state index in [1.54, 1.807) is 0 Å². The lowest BCUT2D eigenvalue weighted by molar-refractivity contribution is -0.187. The van der Waals surface area contributed by atoms with E-state index in [4.69, 9.17) is 19.9 Å². The lowest BCUT2D eigenvalue weighted by Gasteiger charge is -2.25. The third kappa shape index (κ3) is 3.44. The van der Waals surface area contributed by atoms with Gasteiger partial charge < -0.3 is 19.9 Å². The summed E-state index contributed by atoms with van der Waals surface area (Å²) in [7, 11) is 0. The van der Waals surface area contributed by atoms with Crippen LogP contribution in [0.15, 0.2) is 12.2 Å². The standard InChI is InChI=1S/C12H19NO4/c1-8-6-9(7-10(8)17-12(13)14)16-11-4-2-3-5-15-11/h9-11H,1-7H2,(H2,13,14)/t9-,10-,11?/m1/s1. The monoisotopic (exact) mass is 241 g/mol. The molecule has 1 heterocycles. The normalized spacial score (nSPS) is 33.6. The number of rotatable bonds is 3. The minimum atomic E-state index is -0.759. The Balaban J connectivity index is 1.79. The van der Waals surface area contributed by atoms with E-state index in [9.17, 15) is 4.79 Å². The molecule has 96 valence electrons. The number of primary amides is 1. The number of hydrogen-bond acceptors (Lipinski definition) is 4. The van der Waals surface area contributed by atoms with Crippen molar-refractivity contribution in [3.63, 3.8) is 0 Å². The van der Waals surface area contributed by atoms with Gasteiger partial charge in [-0.2, -0.15) is 0 Å². The van der Waals surface area contributed by atoms with E-state index in [2.05, 4.69) is 6.58 Å². The molecule has 0 aromatic heterocycles. The van der Waals surface area contributed by atoms with Crippen molar-refractivity contribution in [3.8, 4) is 0 Å². The van der Waals surface area contributed by atoms with Crippen molar-refractivity contribution in [1.82, 2.24) is 0 Å². The molecule has 3 atom stereocenters. The summed E-state index contributed by atoms with van der Waals surface area (Å²) in [6.45, 7) is 4.64. The van der Waals surface area contributed by atoms with Gasteiger partial charge in [0.2, 0.25) is 0 Å². The molecule has 5 heteroatoms. The Morgan fingerprint density at radius 3 is 2.94 bits per heavy atom. The summed E-state index contributed by atoms with van der Waals surface area (Å²) >= 11 is 0. The van der Waals surface area contributed by atoms with Crippen molar-refractivity contribution in [2.45, 2.75) is 50.6 Å². The molecule has 5 nitrogen and oxygen atoms in total. The highest BCUT2D eigenvalue weighted by atomic mass is 16.7. The Hall–Kier alpha value is -1.07. The maximum absolute atomic E-state index is 10.7. The van der Waals surface area contributed by atoms with Gasteiger partial charge in [0.15, 0.2) is 6.29 Å². The second-order valence-electron chi connectivity index (χ2n) is 4.58. The zero-order chi connectivity index (χ0) is 12.3. The Labute approximate surface area is 101 Å². The maximum atomic E-state index is 10.7. The second kappa shape index (κ2) is 5.51. The quantitative estimate of drug-likeness (QED) is 0.763. The SMILES string of the molecule is C=C1C[C@@H](OC2CCCCO2)C[C@H]1OC(N)=O. The third-order valence-corrected chi connectivity index (χ3v) is 3.16. The molecule has 2 aliphatic rings. The summed E-state index contributed by atoms with van der Waals surface area (Å²) in [5.41, 5.74) is 5.86. The van der Waals surface area contributed by atoms with Crippen LogP contribution in [-0.2, 0) is 14.2 Å². The molecule has 0 spiro atoms. The van der Waals surface area contributed by atoms with E-state index in [1.807, 2.05) is 0 Å². The van der Waals surface area contributed by atoms with Crippen LogP contribution in [0.1, 0.15) is 32.1 Å². The van der Waals surface area contributed by atoms with Crippen LogP contribution in [0.4, 0.5) is 4.79 Å². The van der Waals surface area contributed by atoms with Crippen LogP contribution in [0.3, 0.4) is 0 Å². The van der Waals surface area contributed by atoms with Crippen LogP contribution >= 0.6 is 0 Å². The van der Waals surface area contributed by atoms with E-state index >= 15 is 0 Å². The van der Waals surface area contributed by atoms with Crippen LogP contribution in [0.25, 0.3) is 0 Å². The summed E-state index contributed by atoms with van der Waals surface area (Å²) in [6, 6.07) is 0. The van der Waals surface area contributed by atoms with Gasteiger partial charge in [-0.15, -0.1) is 0 Å². The first-order valence-corrected chi connectivity index (χ1v) is 6.06. The number of carbonyl (C=O) groups excluding carboxylic acids is 1. The fourth-order valence-electron chi connectivity index (χ4n) is 2.32. The van der Waals surface area contributed by atoms with Gasteiger partial charge in [-0.1, -0.05) is 6.58 Å². The zero-order valence-electron chi connectivity index (χ0n) is 9.89. The second-order valence-corrected chi connectivity index (χ2v) is 4.58. The van der Waals surface area contributed by atoms with Crippen LogP contribution in [0.5, 0.6) is 0 Å². The maximum Gasteiger partial charge on any atom is 0.405 e. The summed E-state index contributed by atoms with van der Waals surface area (Å²) in [5, 5.41) is 0. The summed E-state index contributed by atoms with van der Waals surface area (Å²) in [4.78, 5) is 10.7. The number of ether oxygens (including phenoxy) is 3. The van der Waals surface area contributed by atoms with E-state index in [0.29, 0.717) is 12.8 Å². The summed E-state index contributed by atoms with van der Waals surface area (Å²) in [5.74, 6) is 0. The molecular weight excluding hydrogens is 222 g/mol. The first-order valence-electron chi connectivity index (χ1n) is 6.06. The van der Waals surface area contributed by atoms with Gasteiger partial charge in [-0.25, -0.2) is 4.79 Å². The predicted octanol–water partition coefficient (Wildman–Crippen LogP) is 1.71. The van der Waals surface area contributed by atoms with E-state index in [0.717, 1.165) is 31.4 Å². The molecule has 1 aliphatic heterocycles. The first-order chi connectivity index (χ1) is 8.15. The minimum Gasteiger partial charge on any atom is -0.442 e. The topological polar surface area (TPSA) is 70.8 Å². The number of amides is 1. The predicted molar refractivity (Wildman–Crippen MR) is 61.3 cm³/mol. The average molecular weight is 241 g/mol. The molecule has 1 aliphatic carbocycles. The van der Waals surface area contributed by atoms with Crippen molar-refractivity contribution >= 4 is 6.09 Å². The highest BCUT2D eigenvalue weighted by Crippen LogP contribution is 2.31. The fourth-order valence-corrected chi connectivity index (χ4v) is 2.32. The summed E-state index contributed by atoms with van der Waals surface area (Å²) in [6.07, 6.45) is 3.35. The van der Waals surface area contributed by atoms with Gasteiger partial charge in [0.25, 0.3) is 0 Å². The van der Waals surface area contributed by atoms with Gasteiger partial charge in [0, 0.05) is 13.0 Å². The van der Waals surface area contributed by atoms with Crippen LogP contribution in [0, 0.1) is 0 Å². The Morgan fingerprint density at radius 2 is 2.29 bits per heavy atom. The number of nitrogens with two attached hydrogens (primary N) is 1. The van der Waals surface area contributed by atoms with E-state index in [-0.39, 0.29) is 18.5 Å². The molecule has 17 heavy (non-hydrogen) atoms. The van der Waals surface area contributed by atoms with Gasteiger partial charge in [-0.3, -0.25) is 0 Å². The molecule has 0 radical (unpaired) electrons. The number of hydrogen-bond donors (Lipinski definition) is 1. The third-order valence-electron chi connectivity index (χ3n) is 3.16. The minimum absolute atomic E-state index is 0.0231. The molecule has 2 fully saturated rings. The van der Waals surface area contributed by atoms with Crippen molar-refractivity contribution in [2.24, 2.45) is 5.73 Å². The lowest BCUT2D eigenvalue weighted by atomic mass is 10.2. The molecule has 1 amide bonds. The van der Waals surface area contributed by atoms with E-state index < -0.39 is 6.09 Å². The van der Waals surface area contributed by atoms with Gasteiger partial charge in [0.05, 0.1) is 6.10 Å². The van der Waals surface area contributed by atoms with Crippen LogP contribution in [-0.4, -0.2) is 31.2 Å². The highest BCUT2D eigenvalue weighted by Gasteiger charge is 2.33. The van der Waals surface area contributed by atoms with Gasteiger partial charge in [0.1, 0.15) is 6.10 Å². The molecule has 1 saturated heterocycles. The Kier molecular flexibility index (Phi) is 4.02. The molecule has 0 aromatic rings. The molecular formula is C12H19NO4. The van der Waals surface area contributed by atoms with Crippen molar-refractivity contribution in [2.75, 3.05) is 6.61 Å². The largest absolute Gasteiger partial charge is 0.442 e. The van der Waals surface area contributed by atoms with Gasteiger partial charge >= 0.3 is 6.09 Å². The van der Waals surface area contributed by atoms with Crippen LogP contribution < -0.4 is 5.73 Å². The van der Waals surface area contributed by atoms with Crippen molar-refractivity contribution < 1.29 is 19.0 Å². The Morgan fingerprint density at radius 1 is 1.47 bits per heavy atom. The van der Waals surface area contributed by atoms with Crippen molar-refractivity contribution in [3.05, 3.63) is 12.2 Å². The fraction of sp³-hybridized carbons (Fsp3) is 0.750. The Bertz CT molecular complexity index is 299. The molecule has 0 bridgehead atoms. The zero-order valence-corrected chi connectivity index (χ0v) is 9.89. The van der Waals surface area contributed by atoms with Gasteiger partial charge in [-0.05, 0) is 31.3 Å². The average Bonchev–Trinajstić information content (AvgIpc) is 2.59. The molecule has 1 unspecified atom stereocenters. The summed E-state index contributed by atoms with van der Waals surface area (Å²) < 4.78 is 16.3. The van der Waals surface area contributed by atoms with E-state index in [1.165, 1.54) is 0 Å². The molecule has 1 saturated carbocycles. The number of carbonyl (C=O) groups is 1. The molecule has 2 N–H and O–H groups in total.